The molecule has 1 aliphatic rings. The van der Waals surface area contributed by atoms with Crippen LogP contribution in [-0.4, -0.2) is 16.2 Å². The molecule has 8 aromatic carbocycles. The molecular formula is C51H34N4O. The Morgan fingerprint density at radius 1 is 0.446 bits per heavy atom. The molecule has 2 aromatic heterocycles. The van der Waals surface area contributed by atoms with Crippen LogP contribution >= 0.6 is 0 Å². The summed E-state index contributed by atoms with van der Waals surface area (Å²) < 4.78 is 8.74. The molecule has 1 atom stereocenters. The molecule has 3 heterocycles. The van der Waals surface area contributed by atoms with Crippen molar-refractivity contribution in [3.8, 4) is 27.9 Å². The number of furan rings is 1. The van der Waals surface area contributed by atoms with Gasteiger partial charge in [-0.15, -0.1) is 0 Å². The van der Waals surface area contributed by atoms with Gasteiger partial charge in [0.2, 0.25) is 0 Å². The third-order valence-electron chi connectivity index (χ3n) is 10.9. The lowest BCUT2D eigenvalue weighted by Gasteiger charge is -2.24. The quantitative estimate of drug-likeness (QED) is 0.186. The van der Waals surface area contributed by atoms with Crippen LogP contribution in [0.4, 0.5) is 0 Å². The number of amidine groups is 2. The summed E-state index contributed by atoms with van der Waals surface area (Å²) in [5.41, 5.74) is 12.6. The molecule has 56 heavy (non-hydrogen) atoms. The Kier molecular flexibility index (Phi) is 7.49. The molecule has 0 radical (unpaired) electrons. The second-order valence-electron chi connectivity index (χ2n) is 14.2. The van der Waals surface area contributed by atoms with E-state index in [2.05, 4.69) is 168 Å². The smallest absolute Gasteiger partial charge is 0.159 e. The maximum Gasteiger partial charge on any atom is 0.159 e. The minimum absolute atomic E-state index is 0.295. The second kappa shape index (κ2) is 13.1. The Bertz CT molecular complexity index is 3160. The van der Waals surface area contributed by atoms with Gasteiger partial charge in [0.1, 0.15) is 23.2 Å². The average molecular weight is 719 g/mol. The van der Waals surface area contributed by atoms with Crippen molar-refractivity contribution in [3.63, 3.8) is 0 Å². The van der Waals surface area contributed by atoms with Crippen molar-refractivity contribution in [1.82, 2.24) is 9.88 Å². The van der Waals surface area contributed by atoms with Crippen LogP contribution in [0.2, 0.25) is 0 Å². The number of benzene rings is 8. The van der Waals surface area contributed by atoms with Crippen molar-refractivity contribution in [2.24, 2.45) is 9.98 Å². The fraction of sp³-hybridized carbons (Fsp3) is 0.0196. The SMILES string of the molecule is c1ccc(C2=NC(c3ccccc3)NC(c3ccc(-c4ccccc4)c(-n4c5ccccc5c5ccc(-c6ccc7c(c6)oc6ccccc67)cc54)c3)=N2)cc1. The predicted molar refractivity (Wildman–Crippen MR) is 231 cm³/mol. The first kappa shape index (κ1) is 32.0. The summed E-state index contributed by atoms with van der Waals surface area (Å²) in [6, 6.07) is 68.2. The summed E-state index contributed by atoms with van der Waals surface area (Å²) in [4.78, 5) is 10.3. The van der Waals surface area contributed by atoms with E-state index in [0.29, 0.717) is 5.84 Å². The van der Waals surface area contributed by atoms with Crippen LogP contribution in [0.5, 0.6) is 0 Å². The van der Waals surface area contributed by atoms with Gasteiger partial charge in [-0.2, -0.15) is 0 Å². The highest BCUT2D eigenvalue weighted by molar-refractivity contribution is 6.14. The minimum atomic E-state index is -0.295. The number of para-hydroxylation sites is 2. The standard InChI is InChI=1S/C51H34N4O/c1-4-14-33(15-5-1)39-27-26-38(51-53-49(34-16-6-2-7-17-34)52-50(54-51)35-18-8-3-9-19-35)31-45(39)55-44-22-12-10-20-40(44)41-28-24-36(30-46(41)55)37-25-29-43-42-21-11-13-23-47(42)56-48(43)32-37/h1-32,49H,(H,52,53,54). The summed E-state index contributed by atoms with van der Waals surface area (Å²) in [7, 11) is 0. The molecule has 264 valence electrons. The van der Waals surface area contributed by atoms with Gasteiger partial charge in [0, 0.05) is 38.2 Å². The van der Waals surface area contributed by atoms with Gasteiger partial charge in [-0.05, 0) is 58.7 Å². The summed E-state index contributed by atoms with van der Waals surface area (Å²) in [6.45, 7) is 0. The summed E-state index contributed by atoms with van der Waals surface area (Å²) in [6.07, 6.45) is -0.295. The van der Waals surface area contributed by atoms with Crippen molar-refractivity contribution in [3.05, 3.63) is 211 Å². The number of fused-ring (bicyclic) bond motifs is 6. The number of hydrogen-bond donors (Lipinski definition) is 1. The Morgan fingerprint density at radius 2 is 1.05 bits per heavy atom. The molecule has 1 N–H and O–H groups in total. The van der Waals surface area contributed by atoms with E-state index in [9.17, 15) is 0 Å². The average Bonchev–Trinajstić information content (AvgIpc) is 3.82. The number of nitrogens with one attached hydrogen (secondary N) is 1. The lowest BCUT2D eigenvalue weighted by atomic mass is 9.99. The third-order valence-corrected chi connectivity index (χ3v) is 10.9. The topological polar surface area (TPSA) is 54.8 Å². The number of rotatable bonds is 6. The molecule has 0 fully saturated rings. The van der Waals surface area contributed by atoms with E-state index in [4.69, 9.17) is 14.4 Å². The van der Waals surface area contributed by atoms with Crippen molar-refractivity contribution in [1.29, 1.82) is 0 Å². The molecule has 0 aliphatic carbocycles. The molecule has 0 spiro atoms. The molecule has 1 unspecified atom stereocenters. The van der Waals surface area contributed by atoms with E-state index >= 15 is 0 Å². The molecule has 5 heteroatoms. The van der Waals surface area contributed by atoms with Gasteiger partial charge in [0.15, 0.2) is 5.84 Å². The van der Waals surface area contributed by atoms with E-state index in [0.717, 1.165) is 83.4 Å². The molecule has 0 bridgehead atoms. The second-order valence-corrected chi connectivity index (χ2v) is 14.2. The van der Waals surface area contributed by atoms with Crippen LogP contribution in [0.3, 0.4) is 0 Å². The number of nitrogens with zero attached hydrogens (tertiary/aromatic N) is 3. The van der Waals surface area contributed by atoms with E-state index in [-0.39, 0.29) is 6.17 Å². The molecule has 11 rings (SSSR count). The Balaban J connectivity index is 1.12. The molecular weight excluding hydrogens is 685 g/mol. The van der Waals surface area contributed by atoms with Crippen LogP contribution in [-0.2, 0) is 0 Å². The largest absolute Gasteiger partial charge is 0.456 e. The van der Waals surface area contributed by atoms with Crippen molar-refractivity contribution in [2.75, 3.05) is 0 Å². The lowest BCUT2D eigenvalue weighted by molar-refractivity contribution is 0.669. The van der Waals surface area contributed by atoms with Gasteiger partial charge in [-0.3, -0.25) is 0 Å². The Hall–Kier alpha value is -7.50. The zero-order valence-electron chi connectivity index (χ0n) is 30.3. The lowest BCUT2D eigenvalue weighted by Crippen LogP contribution is -2.33. The van der Waals surface area contributed by atoms with Gasteiger partial charge in [0.05, 0.1) is 16.7 Å². The van der Waals surface area contributed by atoms with Crippen LogP contribution in [0, 0.1) is 0 Å². The highest BCUT2D eigenvalue weighted by Crippen LogP contribution is 2.40. The first-order valence-corrected chi connectivity index (χ1v) is 18.9. The fourth-order valence-corrected chi connectivity index (χ4v) is 8.16. The zero-order valence-corrected chi connectivity index (χ0v) is 30.3. The summed E-state index contributed by atoms with van der Waals surface area (Å²) in [5.74, 6) is 1.47. The van der Waals surface area contributed by atoms with E-state index in [1.54, 1.807) is 0 Å². The van der Waals surface area contributed by atoms with Crippen molar-refractivity contribution in [2.45, 2.75) is 6.17 Å². The highest BCUT2D eigenvalue weighted by Gasteiger charge is 2.23. The number of aliphatic imine (C=N–C) groups is 2. The van der Waals surface area contributed by atoms with E-state index in [1.165, 1.54) is 10.8 Å². The maximum atomic E-state index is 6.32. The number of aromatic nitrogens is 1. The third kappa shape index (κ3) is 5.40. The molecule has 0 saturated heterocycles. The Labute approximate surface area is 323 Å². The summed E-state index contributed by atoms with van der Waals surface area (Å²) >= 11 is 0. The van der Waals surface area contributed by atoms with Crippen LogP contribution in [0.15, 0.2) is 209 Å². The Morgan fingerprint density at radius 3 is 1.86 bits per heavy atom. The first-order chi connectivity index (χ1) is 27.7. The van der Waals surface area contributed by atoms with Gasteiger partial charge < -0.3 is 14.3 Å². The van der Waals surface area contributed by atoms with Crippen molar-refractivity contribution < 1.29 is 4.42 Å². The van der Waals surface area contributed by atoms with Crippen LogP contribution in [0.1, 0.15) is 22.9 Å². The van der Waals surface area contributed by atoms with Crippen LogP contribution < -0.4 is 5.32 Å². The normalized spacial score (nSPS) is 14.2. The minimum Gasteiger partial charge on any atom is -0.456 e. The molecule has 1 aliphatic heterocycles. The van der Waals surface area contributed by atoms with Gasteiger partial charge in [-0.1, -0.05) is 158 Å². The monoisotopic (exact) mass is 718 g/mol. The number of hydrogen-bond acceptors (Lipinski definition) is 4. The van der Waals surface area contributed by atoms with Gasteiger partial charge in [0.25, 0.3) is 0 Å². The van der Waals surface area contributed by atoms with Crippen LogP contribution in [0.25, 0.3) is 71.7 Å². The van der Waals surface area contributed by atoms with Gasteiger partial charge >= 0.3 is 0 Å². The predicted octanol–water partition coefficient (Wildman–Crippen LogP) is 12.5. The molecule has 10 aromatic rings. The van der Waals surface area contributed by atoms with E-state index < -0.39 is 0 Å². The molecule has 0 amide bonds. The summed E-state index contributed by atoms with van der Waals surface area (Å²) in [5, 5.41) is 8.33. The maximum absolute atomic E-state index is 6.32. The van der Waals surface area contributed by atoms with Gasteiger partial charge in [-0.25, -0.2) is 9.98 Å². The fourth-order valence-electron chi connectivity index (χ4n) is 8.16. The first-order valence-electron chi connectivity index (χ1n) is 18.9. The van der Waals surface area contributed by atoms with E-state index in [1.807, 2.05) is 36.4 Å². The molecule has 5 nitrogen and oxygen atoms in total. The highest BCUT2D eigenvalue weighted by atomic mass is 16.3. The molecule has 0 saturated carbocycles. The van der Waals surface area contributed by atoms with Crippen molar-refractivity contribution >= 4 is 55.4 Å². The zero-order chi connectivity index (χ0) is 37.0.